The Kier molecular flexibility index (Phi) is 2.99. The smallest absolute Gasteiger partial charge is 0.146 e. The zero-order valence-corrected chi connectivity index (χ0v) is 9.11. The fourth-order valence-electron chi connectivity index (χ4n) is 1.47. The van der Waals surface area contributed by atoms with Gasteiger partial charge in [0.15, 0.2) is 0 Å². The van der Waals surface area contributed by atoms with Crippen molar-refractivity contribution in [3.8, 4) is 0 Å². The van der Waals surface area contributed by atoms with Gasteiger partial charge in [0.25, 0.3) is 0 Å². The third-order valence-electron chi connectivity index (χ3n) is 2.34. The van der Waals surface area contributed by atoms with Crippen LogP contribution in [0.3, 0.4) is 0 Å². The van der Waals surface area contributed by atoms with Crippen molar-refractivity contribution in [2.75, 3.05) is 0 Å². The van der Waals surface area contributed by atoms with Crippen LogP contribution in [0.15, 0.2) is 18.6 Å². The molecule has 0 N–H and O–H groups in total. The molecule has 0 atom stereocenters. The number of rotatable bonds is 3. The molecule has 0 bridgehead atoms. The molecule has 1 aromatic rings. The second-order valence-corrected chi connectivity index (χ2v) is 4.23. The zero-order chi connectivity index (χ0) is 10.8. The molecule has 14 heavy (non-hydrogen) atoms. The summed E-state index contributed by atoms with van der Waals surface area (Å²) in [4.78, 5) is 20.0. The van der Waals surface area contributed by atoms with E-state index in [-0.39, 0.29) is 11.7 Å². The average Bonchev–Trinajstić information content (AvgIpc) is 2.18. The number of hydrogen-bond donors (Lipinski definition) is 0. The third-order valence-corrected chi connectivity index (χ3v) is 2.34. The molecule has 0 fully saturated rings. The van der Waals surface area contributed by atoms with Gasteiger partial charge in [-0.1, -0.05) is 13.8 Å². The quantitative estimate of drug-likeness (QED) is 0.735. The number of hydrogen-bond acceptors (Lipinski definition) is 3. The van der Waals surface area contributed by atoms with Gasteiger partial charge in [-0.3, -0.25) is 14.8 Å². The lowest BCUT2D eigenvalue weighted by Crippen LogP contribution is -2.33. The van der Waals surface area contributed by atoms with Crippen LogP contribution in [0.5, 0.6) is 0 Å². The van der Waals surface area contributed by atoms with Crippen LogP contribution >= 0.6 is 0 Å². The van der Waals surface area contributed by atoms with E-state index in [1.807, 2.05) is 27.7 Å². The lowest BCUT2D eigenvalue weighted by molar-refractivity contribution is -0.126. The minimum absolute atomic E-state index is 0.0204. The maximum Gasteiger partial charge on any atom is 0.146 e. The zero-order valence-electron chi connectivity index (χ0n) is 9.11. The summed E-state index contributed by atoms with van der Waals surface area (Å²) in [5.74, 6) is 0.213. The summed E-state index contributed by atoms with van der Waals surface area (Å²) in [6, 6.07) is 0. The van der Waals surface area contributed by atoms with Crippen LogP contribution in [0.25, 0.3) is 0 Å². The third kappa shape index (κ3) is 1.97. The monoisotopic (exact) mass is 192 g/mol. The first-order valence-corrected chi connectivity index (χ1v) is 4.77. The lowest BCUT2D eigenvalue weighted by Gasteiger charge is -2.23. The number of ketones is 1. The van der Waals surface area contributed by atoms with Crippen molar-refractivity contribution in [2.45, 2.75) is 33.1 Å². The highest BCUT2D eigenvalue weighted by molar-refractivity contribution is 5.90. The molecular weight excluding hydrogens is 176 g/mol. The van der Waals surface area contributed by atoms with E-state index in [2.05, 4.69) is 9.97 Å². The van der Waals surface area contributed by atoms with Gasteiger partial charge in [-0.25, -0.2) is 0 Å². The predicted octanol–water partition coefficient (Wildman–Crippen LogP) is 1.98. The Hall–Kier alpha value is -1.25. The molecule has 3 heteroatoms. The highest BCUT2D eigenvalue weighted by atomic mass is 16.1. The van der Waals surface area contributed by atoms with Crippen molar-refractivity contribution < 1.29 is 4.79 Å². The molecule has 1 aromatic heterocycles. The minimum Gasteiger partial charge on any atom is -0.298 e. The lowest BCUT2D eigenvalue weighted by atomic mass is 9.80. The molecule has 0 aromatic carbocycles. The van der Waals surface area contributed by atoms with Crippen LogP contribution in [0.2, 0.25) is 0 Å². The van der Waals surface area contributed by atoms with Crippen molar-refractivity contribution in [3.63, 3.8) is 0 Å². The van der Waals surface area contributed by atoms with Crippen molar-refractivity contribution in [1.29, 1.82) is 0 Å². The van der Waals surface area contributed by atoms with Gasteiger partial charge in [-0.05, 0) is 13.8 Å². The molecule has 76 valence electrons. The van der Waals surface area contributed by atoms with E-state index in [1.54, 1.807) is 18.6 Å². The Morgan fingerprint density at radius 2 is 2.00 bits per heavy atom. The van der Waals surface area contributed by atoms with E-state index < -0.39 is 5.41 Å². The molecule has 0 radical (unpaired) electrons. The Bertz CT molecular complexity index is 317. The van der Waals surface area contributed by atoms with Gasteiger partial charge in [0, 0.05) is 24.5 Å². The molecule has 1 rings (SSSR count). The molecule has 1 heterocycles. The van der Waals surface area contributed by atoms with Gasteiger partial charge in [-0.15, -0.1) is 0 Å². The van der Waals surface area contributed by atoms with E-state index in [1.165, 1.54) is 0 Å². The van der Waals surface area contributed by atoms with E-state index in [0.29, 0.717) is 0 Å². The summed E-state index contributed by atoms with van der Waals surface area (Å²) >= 11 is 0. The molecule has 0 spiro atoms. The Morgan fingerprint density at radius 1 is 1.36 bits per heavy atom. The Labute approximate surface area is 84.6 Å². The van der Waals surface area contributed by atoms with Crippen LogP contribution in [0, 0.1) is 5.92 Å². The number of carbonyl (C=O) groups excluding carboxylic acids is 1. The summed E-state index contributed by atoms with van der Waals surface area (Å²) in [5, 5.41) is 0. The second-order valence-electron chi connectivity index (χ2n) is 4.23. The Morgan fingerprint density at radius 3 is 2.43 bits per heavy atom. The molecule has 0 aliphatic rings. The summed E-state index contributed by atoms with van der Waals surface area (Å²) in [6.45, 7) is 7.58. The molecule has 0 unspecified atom stereocenters. The number of Topliss-reactive ketones (excluding diaryl/α,β-unsaturated/α-hetero) is 1. The normalized spacial score (nSPS) is 11.8. The highest BCUT2D eigenvalue weighted by Gasteiger charge is 2.32. The van der Waals surface area contributed by atoms with Crippen LogP contribution in [0.1, 0.15) is 33.4 Å². The summed E-state index contributed by atoms with van der Waals surface area (Å²) < 4.78 is 0. The van der Waals surface area contributed by atoms with Crippen LogP contribution in [-0.2, 0) is 10.2 Å². The molecular formula is C11H16N2O. The maximum atomic E-state index is 11.9. The number of aromatic nitrogens is 2. The SMILES string of the molecule is CC(C)C(=O)C(C)(C)c1cnccn1. The average molecular weight is 192 g/mol. The first kappa shape index (κ1) is 10.8. The van der Waals surface area contributed by atoms with Crippen molar-refractivity contribution >= 4 is 5.78 Å². The largest absolute Gasteiger partial charge is 0.298 e. The standard InChI is InChI=1S/C11H16N2O/c1-8(2)10(14)11(3,4)9-7-12-5-6-13-9/h5-8H,1-4H3. The molecule has 0 saturated carbocycles. The topological polar surface area (TPSA) is 42.9 Å². The first-order chi connectivity index (χ1) is 6.46. The Balaban J connectivity index is 3.02. The maximum absolute atomic E-state index is 11.9. The van der Waals surface area contributed by atoms with Crippen LogP contribution in [0.4, 0.5) is 0 Å². The van der Waals surface area contributed by atoms with E-state index in [4.69, 9.17) is 0 Å². The first-order valence-electron chi connectivity index (χ1n) is 4.77. The van der Waals surface area contributed by atoms with Crippen molar-refractivity contribution in [1.82, 2.24) is 9.97 Å². The fourth-order valence-corrected chi connectivity index (χ4v) is 1.47. The summed E-state index contributed by atoms with van der Waals surface area (Å²) in [5.41, 5.74) is 0.196. The van der Waals surface area contributed by atoms with Gasteiger partial charge in [0.1, 0.15) is 5.78 Å². The summed E-state index contributed by atoms with van der Waals surface area (Å²) in [7, 11) is 0. The van der Waals surface area contributed by atoms with Crippen LogP contribution in [-0.4, -0.2) is 15.8 Å². The highest BCUT2D eigenvalue weighted by Crippen LogP contribution is 2.24. The van der Waals surface area contributed by atoms with Gasteiger partial charge < -0.3 is 0 Å². The fraction of sp³-hybridized carbons (Fsp3) is 0.545. The van der Waals surface area contributed by atoms with Gasteiger partial charge >= 0.3 is 0 Å². The van der Waals surface area contributed by atoms with E-state index in [0.717, 1.165) is 5.69 Å². The van der Waals surface area contributed by atoms with Gasteiger partial charge in [0.05, 0.1) is 11.1 Å². The van der Waals surface area contributed by atoms with Crippen LogP contribution < -0.4 is 0 Å². The van der Waals surface area contributed by atoms with Crippen molar-refractivity contribution in [2.24, 2.45) is 5.92 Å². The summed E-state index contributed by atoms with van der Waals surface area (Å²) in [6.07, 6.45) is 4.88. The van der Waals surface area contributed by atoms with E-state index >= 15 is 0 Å². The van der Waals surface area contributed by atoms with Gasteiger partial charge in [0.2, 0.25) is 0 Å². The molecule has 0 aliphatic heterocycles. The van der Waals surface area contributed by atoms with E-state index in [9.17, 15) is 4.79 Å². The van der Waals surface area contributed by atoms with Gasteiger partial charge in [-0.2, -0.15) is 0 Å². The molecule has 0 aliphatic carbocycles. The minimum atomic E-state index is -0.539. The number of nitrogens with zero attached hydrogens (tertiary/aromatic N) is 2. The molecule has 0 amide bonds. The predicted molar refractivity (Wildman–Crippen MR) is 54.9 cm³/mol. The molecule has 0 saturated heterocycles. The molecule has 3 nitrogen and oxygen atoms in total. The second kappa shape index (κ2) is 3.86. The van der Waals surface area contributed by atoms with Crippen molar-refractivity contribution in [3.05, 3.63) is 24.3 Å². The number of carbonyl (C=O) groups is 1.